The van der Waals surface area contributed by atoms with Crippen LogP contribution in [0, 0.1) is 127 Å². The van der Waals surface area contributed by atoms with Gasteiger partial charge in [-0.1, -0.05) is 0 Å². The first-order valence-electron chi connectivity index (χ1n) is 12.6. The fraction of sp³-hybridized carbons (Fsp3) is 0.156. The lowest BCUT2D eigenvalue weighted by Gasteiger charge is -2.18. The number of hydrogen-bond acceptors (Lipinski definition) is 3. The topological polar surface area (TPSA) is 71.4 Å². The van der Waals surface area contributed by atoms with Gasteiger partial charge in [-0.05, 0) is 68.0 Å². The van der Waals surface area contributed by atoms with Crippen molar-refractivity contribution < 1.29 is 43.9 Å². The summed E-state index contributed by atoms with van der Waals surface area (Å²) >= 11 is 0. The lowest BCUT2D eigenvalue weighted by Crippen LogP contribution is -2.07. The third-order valence-electron chi connectivity index (χ3n) is 7.94. The molecule has 0 radical (unpaired) electrons. The van der Waals surface area contributed by atoms with Crippen LogP contribution in [0.5, 0.6) is 0 Å². The molecule has 228 valence electrons. The number of rotatable bonds is 3. The molecule has 3 nitrogen and oxygen atoms in total. The Morgan fingerprint density at radius 2 is 0.533 bits per heavy atom. The van der Waals surface area contributed by atoms with E-state index in [1.54, 1.807) is 40.7 Å². The number of benzene rings is 3. The lowest BCUT2D eigenvalue weighted by atomic mass is 9.86. The molecule has 0 atom stereocenters. The summed E-state index contributed by atoms with van der Waals surface area (Å²) < 4.78 is 144. The van der Waals surface area contributed by atoms with E-state index in [0.717, 1.165) is 5.56 Å². The molecule has 0 aliphatic heterocycles. The molecule has 0 bridgehead atoms. The highest BCUT2D eigenvalue weighted by atomic mass is 19.2. The number of halogens is 10. The maximum atomic E-state index is 14.9. The maximum absolute atomic E-state index is 14.9. The first kappa shape index (κ1) is 32.6. The van der Waals surface area contributed by atoms with Gasteiger partial charge in [0.1, 0.15) is 18.2 Å². The Bertz CT molecular complexity index is 1790. The second kappa shape index (κ2) is 11.3. The van der Waals surface area contributed by atoms with E-state index in [0.29, 0.717) is 22.3 Å². The van der Waals surface area contributed by atoms with Crippen molar-refractivity contribution in [3.63, 3.8) is 0 Å². The van der Waals surface area contributed by atoms with Gasteiger partial charge in [0.25, 0.3) is 0 Å². The molecule has 13 heteroatoms. The Hall–Kier alpha value is -5.35. The highest BCUT2D eigenvalue weighted by molar-refractivity contribution is 6.12. The molecule has 0 amide bonds. The smallest absolute Gasteiger partial charge is 0.200 e. The van der Waals surface area contributed by atoms with Crippen molar-refractivity contribution >= 4 is 16.7 Å². The van der Waals surface area contributed by atoms with Gasteiger partial charge in [-0.2, -0.15) is 15.8 Å². The van der Waals surface area contributed by atoms with Crippen molar-refractivity contribution in [2.75, 3.05) is 0 Å². The van der Waals surface area contributed by atoms with Gasteiger partial charge in [0.05, 0.1) is 27.8 Å². The van der Waals surface area contributed by atoms with Gasteiger partial charge in [0.15, 0.2) is 46.5 Å². The molecule has 3 aromatic rings. The zero-order valence-electron chi connectivity index (χ0n) is 23.6. The Labute approximate surface area is 248 Å². The number of nitriles is 3. The summed E-state index contributed by atoms with van der Waals surface area (Å²) in [4.78, 5) is 0. The minimum Gasteiger partial charge on any atom is -0.203 e. The average molecular weight is 631 g/mol. The van der Waals surface area contributed by atoms with Crippen molar-refractivity contribution in [3.05, 3.63) is 119 Å². The minimum absolute atomic E-state index is 0.116. The number of allylic oxidation sites excluding steroid dienone is 6. The maximum Gasteiger partial charge on any atom is 0.200 e. The van der Waals surface area contributed by atoms with Crippen molar-refractivity contribution in [2.24, 2.45) is 0 Å². The molecule has 0 N–H and O–H groups in total. The van der Waals surface area contributed by atoms with Crippen LogP contribution in [0.3, 0.4) is 0 Å². The largest absolute Gasteiger partial charge is 0.203 e. The van der Waals surface area contributed by atoms with Crippen LogP contribution in [0.2, 0.25) is 0 Å². The van der Waals surface area contributed by atoms with Crippen LogP contribution in [0.4, 0.5) is 43.9 Å². The standard InChI is InChI=1S/C32H15F10N3/c1-9-10(2)12(4)17(13(5)11(9)3)14(6-43)18-19(15(7-44)21-23(33)27(37)31(41)28(38)24(21)34)20(18)16(8-45)22-25(35)29(39)32(42)30(40)26(22)36/h1-5H3. The second-order valence-electron chi connectivity index (χ2n) is 9.98. The van der Waals surface area contributed by atoms with Crippen molar-refractivity contribution in [1.29, 1.82) is 15.8 Å². The quantitative estimate of drug-likeness (QED) is 0.126. The van der Waals surface area contributed by atoms with Crippen LogP contribution in [0.25, 0.3) is 16.7 Å². The molecule has 4 rings (SSSR count). The van der Waals surface area contributed by atoms with Crippen LogP contribution in [0.15, 0.2) is 16.7 Å². The summed E-state index contributed by atoms with van der Waals surface area (Å²) in [5.74, 6) is -25.0. The average Bonchev–Trinajstić information content (AvgIpc) is 3.74. The summed E-state index contributed by atoms with van der Waals surface area (Å²) in [6.45, 7) is 8.22. The van der Waals surface area contributed by atoms with Gasteiger partial charge in [0, 0.05) is 16.7 Å². The predicted molar refractivity (Wildman–Crippen MR) is 140 cm³/mol. The summed E-state index contributed by atoms with van der Waals surface area (Å²) in [6, 6.07) is 4.26. The van der Waals surface area contributed by atoms with Crippen molar-refractivity contribution in [2.45, 2.75) is 34.6 Å². The highest BCUT2D eigenvalue weighted by Gasteiger charge is 2.45. The molecule has 0 spiro atoms. The van der Waals surface area contributed by atoms with Crippen LogP contribution >= 0.6 is 0 Å². The van der Waals surface area contributed by atoms with Gasteiger partial charge in [-0.25, -0.2) is 43.9 Å². The summed E-state index contributed by atoms with van der Waals surface area (Å²) in [5, 5.41) is 30.2. The Kier molecular flexibility index (Phi) is 8.17. The summed E-state index contributed by atoms with van der Waals surface area (Å²) in [5.41, 5.74) is -6.19. The zero-order valence-corrected chi connectivity index (χ0v) is 23.6. The van der Waals surface area contributed by atoms with Gasteiger partial charge in [-0.3, -0.25) is 0 Å². The molecule has 45 heavy (non-hydrogen) atoms. The van der Waals surface area contributed by atoms with Gasteiger partial charge >= 0.3 is 0 Å². The van der Waals surface area contributed by atoms with E-state index in [-0.39, 0.29) is 5.56 Å². The Balaban J connectivity index is 2.36. The Morgan fingerprint density at radius 1 is 0.333 bits per heavy atom. The Morgan fingerprint density at radius 3 is 0.778 bits per heavy atom. The molecule has 3 aromatic carbocycles. The lowest BCUT2D eigenvalue weighted by molar-refractivity contribution is 0.376. The molecule has 0 aromatic heterocycles. The van der Waals surface area contributed by atoms with Crippen LogP contribution in [0.1, 0.15) is 44.5 Å². The third-order valence-corrected chi connectivity index (χ3v) is 7.94. The van der Waals surface area contributed by atoms with Crippen LogP contribution in [-0.2, 0) is 0 Å². The molecule has 0 saturated heterocycles. The molecule has 1 aliphatic carbocycles. The van der Waals surface area contributed by atoms with E-state index in [2.05, 4.69) is 0 Å². The molecule has 1 aliphatic rings. The van der Waals surface area contributed by atoms with Gasteiger partial charge < -0.3 is 0 Å². The highest BCUT2D eigenvalue weighted by Crippen LogP contribution is 2.57. The molecular weight excluding hydrogens is 616 g/mol. The summed E-state index contributed by atoms with van der Waals surface area (Å²) in [6.07, 6.45) is 0. The molecule has 1 saturated carbocycles. The molecule has 1 fully saturated rings. The van der Waals surface area contributed by atoms with Crippen molar-refractivity contribution in [3.8, 4) is 18.2 Å². The molecular formula is C32H15F10N3. The molecule has 0 unspecified atom stereocenters. The first-order chi connectivity index (χ1) is 21.0. The number of hydrogen-bond donors (Lipinski definition) is 0. The van der Waals surface area contributed by atoms with Gasteiger partial charge in [0.2, 0.25) is 11.6 Å². The molecule has 0 heterocycles. The minimum atomic E-state index is -2.58. The summed E-state index contributed by atoms with van der Waals surface area (Å²) in [7, 11) is 0. The fourth-order valence-corrected chi connectivity index (χ4v) is 5.17. The van der Waals surface area contributed by atoms with E-state index in [4.69, 9.17) is 0 Å². The SMILES string of the molecule is Cc1c(C)c(C)c(C(C#N)=C2C(=C(C#N)c3c(F)c(F)c(F)c(F)c3F)C2=C(C#N)c2c(F)c(F)c(F)c(F)c2F)c(C)c1C. The van der Waals surface area contributed by atoms with Crippen LogP contribution < -0.4 is 0 Å². The zero-order chi connectivity index (χ0) is 34.0. The first-order valence-corrected chi connectivity index (χ1v) is 12.6. The van der Waals surface area contributed by atoms with E-state index >= 15 is 0 Å². The van der Waals surface area contributed by atoms with Crippen LogP contribution in [-0.4, -0.2) is 0 Å². The monoisotopic (exact) mass is 631 g/mol. The second-order valence-corrected chi connectivity index (χ2v) is 9.98. The van der Waals surface area contributed by atoms with Gasteiger partial charge in [-0.15, -0.1) is 0 Å². The third kappa shape index (κ3) is 4.56. The number of nitrogens with zero attached hydrogens (tertiary/aromatic N) is 3. The predicted octanol–water partition coefficient (Wildman–Crippen LogP) is 8.87. The fourth-order valence-electron chi connectivity index (χ4n) is 5.17. The van der Waals surface area contributed by atoms with E-state index in [1.807, 2.05) is 0 Å². The van der Waals surface area contributed by atoms with E-state index in [9.17, 15) is 59.7 Å². The van der Waals surface area contributed by atoms with E-state index in [1.165, 1.54) is 12.1 Å². The van der Waals surface area contributed by atoms with E-state index < -0.39 is 103 Å². The normalized spacial score (nSPS) is 14.5. The van der Waals surface area contributed by atoms with Crippen molar-refractivity contribution in [1.82, 2.24) is 0 Å².